The molecule has 1 aliphatic rings. The third-order valence-electron chi connectivity index (χ3n) is 6.75. The number of anilines is 1. The maximum Gasteiger partial charge on any atom is 0.237 e. The smallest absolute Gasteiger partial charge is 0.237 e. The number of carbonyl (C=O) groups is 1. The number of halogens is 2. The van der Waals surface area contributed by atoms with Gasteiger partial charge in [-0.1, -0.05) is 11.6 Å². The Morgan fingerprint density at radius 2 is 2.12 bits per heavy atom. The molecule has 12 heteroatoms. The molecule has 5 N–H and O–H groups in total. The molecule has 0 spiro atoms. The Bertz CT molecular complexity index is 1200. The lowest BCUT2D eigenvalue weighted by molar-refractivity contribution is -0.125. The Balaban J connectivity index is 2.01. The molecular formula is C28H40ClFN6O4. The lowest BCUT2D eigenvalue weighted by atomic mass is 10.1. The first-order valence-corrected chi connectivity index (χ1v) is 13.7. The van der Waals surface area contributed by atoms with Crippen LogP contribution in [-0.4, -0.2) is 93.3 Å². The maximum absolute atomic E-state index is 14.5. The number of hydrogen-bond acceptors (Lipinski definition) is 9. The summed E-state index contributed by atoms with van der Waals surface area (Å²) >= 11 is 6.11. The largest absolute Gasteiger partial charge is 0.490 e. The monoisotopic (exact) mass is 578 g/mol. The number of hydrogen-bond donors (Lipinski definition) is 4. The Kier molecular flexibility index (Phi) is 11.8. The quantitative estimate of drug-likeness (QED) is 0.353. The zero-order valence-corrected chi connectivity index (χ0v) is 24.4. The number of aliphatic imine (C=N–C) groups is 1. The zero-order valence-electron chi connectivity index (χ0n) is 23.6. The first-order chi connectivity index (χ1) is 19.1. The second-order valence-corrected chi connectivity index (χ2v) is 10.2. The molecule has 1 heterocycles. The van der Waals surface area contributed by atoms with Gasteiger partial charge in [-0.15, -0.1) is 0 Å². The van der Waals surface area contributed by atoms with Crippen molar-refractivity contribution >= 4 is 34.7 Å². The average Bonchev–Trinajstić information content (AvgIpc) is 2.92. The van der Waals surface area contributed by atoms with E-state index in [9.17, 15) is 9.18 Å². The van der Waals surface area contributed by atoms with E-state index in [-0.39, 0.29) is 29.9 Å². The molecule has 0 saturated heterocycles. The van der Waals surface area contributed by atoms with Gasteiger partial charge in [0.25, 0.3) is 0 Å². The summed E-state index contributed by atoms with van der Waals surface area (Å²) in [7, 11) is 5.50. The molecule has 2 bridgehead atoms. The highest BCUT2D eigenvalue weighted by atomic mass is 35.5. The van der Waals surface area contributed by atoms with E-state index < -0.39 is 11.9 Å². The van der Waals surface area contributed by atoms with E-state index in [2.05, 4.69) is 15.6 Å². The molecule has 1 amide bonds. The van der Waals surface area contributed by atoms with E-state index in [1.54, 1.807) is 32.0 Å². The number of ether oxygens (including phenoxy) is 2. The van der Waals surface area contributed by atoms with Crippen LogP contribution >= 0.6 is 11.6 Å². The lowest BCUT2D eigenvalue weighted by Gasteiger charge is -2.25. The van der Waals surface area contributed by atoms with E-state index in [0.717, 1.165) is 13.0 Å². The summed E-state index contributed by atoms with van der Waals surface area (Å²) in [5.74, 6) is 0.474. The highest BCUT2D eigenvalue weighted by molar-refractivity contribution is 6.31. The molecule has 40 heavy (non-hydrogen) atoms. The van der Waals surface area contributed by atoms with Crippen LogP contribution in [0.1, 0.15) is 30.9 Å². The summed E-state index contributed by atoms with van der Waals surface area (Å²) in [5.41, 5.74) is 8.71. The molecule has 1 aliphatic heterocycles. The second kappa shape index (κ2) is 15.0. The fourth-order valence-corrected chi connectivity index (χ4v) is 4.38. The summed E-state index contributed by atoms with van der Waals surface area (Å²) in [5, 5.41) is 15.1. The Morgan fingerprint density at radius 3 is 2.85 bits per heavy atom. The number of amides is 1. The van der Waals surface area contributed by atoms with Gasteiger partial charge in [0.2, 0.25) is 5.91 Å². The van der Waals surface area contributed by atoms with E-state index in [1.807, 2.05) is 18.0 Å². The highest BCUT2D eigenvalue weighted by Crippen LogP contribution is 2.35. The van der Waals surface area contributed by atoms with Crippen LogP contribution in [0.5, 0.6) is 11.5 Å². The summed E-state index contributed by atoms with van der Waals surface area (Å²) in [6, 6.07) is 5.86. The fourth-order valence-electron chi connectivity index (χ4n) is 4.22. The van der Waals surface area contributed by atoms with Crippen molar-refractivity contribution in [1.29, 1.82) is 0 Å². The van der Waals surface area contributed by atoms with Crippen molar-refractivity contribution in [1.82, 2.24) is 15.1 Å². The van der Waals surface area contributed by atoms with Crippen LogP contribution in [0.25, 0.3) is 0 Å². The SMILES string of the molecule is CNc1cc(OCCCN(C)CCO)c2cc1C(N)=Nc1cc(Cl)c(F)cc1CN(C)[C@H](C)C(=O)NCCCO2. The minimum Gasteiger partial charge on any atom is -0.490 e. The number of amidine groups is 1. The molecule has 2 aromatic rings. The van der Waals surface area contributed by atoms with Gasteiger partial charge in [-0.25, -0.2) is 9.38 Å². The number of likely N-dealkylation sites (N-methyl/N-ethyl adjacent to an activating group) is 2. The Morgan fingerprint density at radius 1 is 1.35 bits per heavy atom. The van der Waals surface area contributed by atoms with E-state index in [4.69, 9.17) is 31.9 Å². The van der Waals surface area contributed by atoms with E-state index in [1.165, 1.54) is 12.1 Å². The molecule has 0 aliphatic carbocycles. The molecule has 10 nitrogen and oxygen atoms in total. The van der Waals surface area contributed by atoms with Crippen LogP contribution in [0.15, 0.2) is 29.3 Å². The third-order valence-corrected chi connectivity index (χ3v) is 7.04. The highest BCUT2D eigenvalue weighted by Gasteiger charge is 2.21. The predicted molar refractivity (Wildman–Crippen MR) is 157 cm³/mol. The maximum atomic E-state index is 14.5. The van der Waals surface area contributed by atoms with Crippen LogP contribution in [0.3, 0.4) is 0 Å². The number of nitrogens with one attached hydrogen (secondary N) is 2. The number of benzene rings is 2. The van der Waals surface area contributed by atoms with Crippen LogP contribution in [-0.2, 0) is 11.3 Å². The molecule has 3 rings (SSSR count). The van der Waals surface area contributed by atoms with Gasteiger partial charge in [-0.3, -0.25) is 9.69 Å². The molecule has 0 aromatic heterocycles. The van der Waals surface area contributed by atoms with Crippen LogP contribution < -0.4 is 25.8 Å². The number of nitrogens with zero attached hydrogens (tertiary/aromatic N) is 3. The third kappa shape index (κ3) is 8.44. The summed E-state index contributed by atoms with van der Waals surface area (Å²) in [6.45, 7) is 4.71. The summed E-state index contributed by atoms with van der Waals surface area (Å²) in [6.07, 6.45) is 1.33. The fraction of sp³-hybridized carbons (Fsp3) is 0.500. The zero-order chi connectivity index (χ0) is 29.2. The minimum atomic E-state index is -0.579. The standard InChI is InChI=1S/C28H40ClFN6O4/c1-18-28(38)33-7-5-11-39-25-14-20(24(32-2)16-26(25)40-12-6-8-35(3)9-10-37)27(31)34-23-15-21(29)22(30)13-19(23)17-36(18)4/h13-16,18,32,37H,5-12,17H2,1-4H3,(H2,31,34)(H,33,38)/t18-/m1/s1. The summed E-state index contributed by atoms with van der Waals surface area (Å²) < 4.78 is 26.6. The topological polar surface area (TPSA) is 125 Å². The summed E-state index contributed by atoms with van der Waals surface area (Å²) in [4.78, 5) is 21.2. The van der Waals surface area contributed by atoms with Crippen LogP contribution in [0, 0.1) is 5.82 Å². The van der Waals surface area contributed by atoms with Crippen molar-refractivity contribution in [2.24, 2.45) is 10.7 Å². The number of fused-ring (bicyclic) bond motifs is 3. The van der Waals surface area contributed by atoms with Crippen molar-refractivity contribution in [2.75, 3.05) is 65.9 Å². The molecule has 2 aromatic carbocycles. The normalized spacial score (nSPS) is 17.1. The molecule has 0 saturated carbocycles. The van der Waals surface area contributed by atoms with E-state index >= 15 is 0 Å². The van der Waals surface area contributed by atoms with Gasteiger partial charge in [0.15, 0.2) is 11.5 Å². The lowest BCUT2D eigenvalue weighted by Crippen LogP contribution is -2.43. The molecule has 220 valence electrons. The second-order valence-electron chi connectivity index (χ2n) is 9.80. The first-order valence-electron chi connectivity index (χ1n) is 13.4. The Labute approximate surface area is 240 Å². The number of aliphatic hydroxyl groups excluding tert-OH is 1. The first kappa shape index (κ1) is 31.4. The van der Waals surface area contributed by atoms with E-state index in [0.29, 0.717) is 66.7 Å². The van der Waals surface area contributed by atoms with Gasteiger partial charge < -0.3 is 35.8 Å². The molecule has 1 atom stereocenters. The van der Waals surface area contributed by atoms with Crippen LogP contribution in [0.4, 0.5) is 15.8 Å². The van der Waals surface area contributed by atoms with Gasteiger partial charge in [0, 0.05) is 50.5 Å². The number of nitrogens with two attached hydrogens (primary N) is 1. The van der Waals surface area contributed by atoms with Gasteiger partial charge in [0.05, 0.1) is 36.6 Å². The molecule has 0 fully saturated rings. The number of carbonyl (C=O) groups excluding carboxylic acids is 1. The van der Waals surface area contributed by atoms with Crippen molar-refractivity contribution in [2.45, 2.75) is 32.4 Å². The van der Waals surface area contributed by atoms with Gasteiger partial charge >= 0.3 is 0 Å². The van der Waals surface area contributed by atoms with Crippen molar-refractivity contribution in [3.8, 4) is 11.5 Å². The average molecular weight is 579 g/mol. The van der Waals surface area contributed by atoms with Crippen molar-refractivity contribution < 1.29 is 23.8 Å². The molecule has 0 radical (unpaired) electrons. The molecular weight excluding hydrogens is 539 g/mol. The Hall–Kier alpha value is -3.12. The van der Waals surface area contributed by atoms with Gasteiger partial charge in [-0.05, 0) is 57.6 Å². The predicted octanol–water partition coefficient (Wildman–Crippen LogP) is 2.97. The van der Waals surface area contributed by atoms with Crippen molar-refractivity contribution in [3.05, 3.63) is 46.2 Å². The number of rotatable bonds is 8. The molecule has 0 unspecified atom stereocenters. The minimum absolute atomic E-state index is 0.0793. The van der Waals surface area contributed by atoms with Gasteiger partial charge in [0.1, 0.15) is 11.7 Å². The number of aliphatic hydroxyl groups is 1. The van der Waals surface area contributed by atoms with Gasteiger partial charge in [-0.2, -0.15) is 0 Å². The van der Waals surface area contributed by atoms with Crippen LogP contribution in [0.2, 0.25) is 5.02 Å². The van der Waals surface area contributed by atoms with Crippen molar-refractivity contribution in [3.63, 3.8) is 0 Å².